The van der Waals surface area contributed by atoms with Gasteiger partial charge in [-0.05, 0) is 32.0 Å². The Balaban J connectivity index is 2.59. The van der Waals surface area contributed by atoms with E-state index in [9.17, 15) is 9.90 Å². The second-order valence-electron chi connectivity index (χ2n) is 3.94. The van der Waals surface area contributed by atoms with E-state index in [1.165, 1.54) is 19.2 Å². The molecule has 1 aromatic carbocycles. The second-order valence-corrected chi connectivity index (χ2v) is 3.94. The molecule has 0 radical (unpaired) electrons. The first-order valence-electron chi connectivity index (χ1n) is 6.50. The number of hydrogen-bond donors (Lipinski definition) is 2. The number of phenolic OH excluding ortho intramolecular Hbond substituents is 1. The van der Waals surface area contributed by atoms with Crippen LogP contribution in [0.15, 0.2) is 18.2 Å². The Labute approximate surface area is 118 Å². The van der Waals surface area contributed by atoms with E-state index < -0.39 is 6.29 Å². The van der Waals surface area contributed by atoms with Crippen LogP contribution in [-0.2, 0) is 9.47 Å². The standard InChI is InChI=1S/C14H21NO5/c1-4-19-13(20-5-2)9-15-14(17)10-6-7-12(18-3)11(16)8-10/h6-8,13,16H,4-5,9H2,1-3H3,(H,15,17). The molecule has 0 aliphatic heterocycles. The number of aromatic hydroxyl groups is 1. The van der Waals surface area contributed by atoms with Gasteiger partial charge in [0.25, 0.3) is 5.91 Å². The highest BCUT2D eigenvalue weighted by Crippen LogP contribution is 2.26. The Kier molecular flexibility index (Phi) is 6.83. The van der Waals surface area contributed by atoms with E-state index in [1.807, 2.05) is 13.8 Å². The molecule has 0 aromatic heterocycles. The van der Waals surface area contributed by atoms with Gasteiger partial charge < -0.3 is 24.6 Å². The first-order valence-corrected chi connectivity index (χ1v) is 6.50. The molecule has 2 N–H and O–H groups in total. The van der Waals surface area contributed by atoms with Gasteiger partial charge in [0.1, 0.15) is 0 Å². The highest BCUT2D eigenvalue weighted by atomic mass is 16.7. The molecular weight excluding hydrogens is 262 g/mol. The zero-order chi connectivity index (χ0) is 15.0. The van der Waals surface area contributed by atoms with Crippen molar-refractivity contribution in [3.8, 4) is 11.5 Å². The normalized spacial score (nSPS) is 10.6. The molecule has 0 aliphatic rings. The SMILES string of the molecule is CCOC(CNC(=O)c1ccc(OC)c(O)c1)OCC. The summed E-state index contributed by atoms with van der Waals surface area (Å²) in [7, 11) is 1.45. The van der Waals surface area contributed by atoms with E-state index in [1.54, 1.807) is 6.07 Å². The average Bonchev–Trinajstić information content (AvgIpc) is 2.44. The molecule has 6 nitrogen and oxygen atoms in total. The Morgan fingerprint density at radius 1 is 1.30 bits per heavy atom. The van der Waals surface area contributed by atoms with Crippen molar-refractivity contribution in [2.24, 2.45) is 0 Å². The molecule has 1 rings (SSSR count). The average molecular weight is 283 g/mol. The summed E-state index contributed by atoms with van der Waals surface area (Å²) in [6.07, 6.45) is -0.471. The lowest BCUT2D eigenvalue weighted by atomic mass is 10.2. The second kappa shape index (κ2) is 8.39. The number of carbonyl (C=O) groups excluding carboxylic acids is 1. The summed E-state index contributed by atoms with van der Waals surface area (Å²) in [5.41, 5.74) is 0.343. The van der Waals surface area contributed by atoms with Gasteiger partial charge in [-0.3, -0.25) is 4.79 Å². The number of amides is 1. The van der Waals surface area contributed by atoms with Gasteiger partial charge in [-0.15, -0.1) is 0 Å². The molecule has 0 aliphatic carbocycles. The molecule has 0 saturated heterocycles. The molecule has 112 valence electrons. The maximum absolute atomic E-state index is 11.9. The van der Waals surface area contributed by atoms with Crippen molar-refractivity contribution in [2.45, 2.75) is 20.1 Å². The number of hydrogen-bond acceptors (Lipinski definition) is 5. The zero-order valence-corrected chi connectivity index (χ0v) is 12.0. The number of benzene rings is 1. The number of rotatable bonds is 8. The zero-order valence-electron chi connectivity index (χ0n) is 12.0. The third-order valence-electron chi connectivity index (χ3n) is 2.58. The molecule has 20 heavy (non-hydrogen) atoms. The lowest BCUT2D eigenvalue weighted by Crippen LogP contribution is -2.35. The lowest BCUT2D eigenvalue weighted by molar-refractivity contribution is -0.131. The van der Waals surface area contributed by atoms with Crippen LogP contribution in [0.5, 0.6) is 11.5 Å². The molecular formula is C14H21NO5. The van der Waals surface area contributed by atoms with Gasteiger partial charge in [0.05, 0.1) is 13.7 Å². The molecule has 0 heterocycles. The fraction of sp³-hybridized carbons (Fsp3) is 0.500. The topological polar surface area (TPSA) is 77.0 Å². The van der Waals surface area contributed by atoms with Crippen LogP contribution in [-0.4, -0.2) is 44.2 Å². The van der Waals surface area contributed by atoms with Crippen molar-refractivity contribution in [1.29, 1.82) is 0 Å². The maximum atomic E-state index is 11.9. The molecule has 1 amide bonds. The van der Waals surface area contributed by atoms with E-state index in [0.29, 0.717) is 24.5 Å². The Bertz CT molecular complexity index is 430. The van der Waals surface area contributed by atoms with Crippen LogP contribution in [0.25, 0.3) is 0 Å². The number of phenols is 1. The molecule has 0 fully saturated rings. The molecule has 0 bridgehead atoms. The van der Waals surface area contributed by atoms with Crippen molar-refractivity contribution >= 4 is 5.91 Å². The highest BCUT2D eigenvalue weighted by Gasteiger charge is 2.13. The van der Waals surface area contributed by atoms with Crippen LogP contribution < -0.4 is 10.1 Å². The minimum Gasteiger partial charge on any atom is -0.504 e. The van der Waals surface area contributed by atoms with Gasteiger partial charge in [-0.25, -0.2) is 0 Å². The fourth-order valence-electron chi connectivity index (χ4n) is 1.65. The monoisotopic (exact) mass is 283 g/mol. The molecule has 0 atom stereocenters. The first-order chi connectivity index (χ1) is 9.62. The summed E-state index contributed by atoms with van der Waals surface area (Å²) in [6, 6.07) is 4.46. The van der Waals surface area contributed by atoms with Gasteiger partial charge in [-0.1, -0.05) is 0 Å². The number of ether oxygens (including phenoxy) is 3. The maximum Gasteiger partial charge on any atom is 0.251 e. The predicted molar refractivity (Wildman–Crippen MR) is 74.0 cm³/mol. The van der Waals surface area contributed by atoms with Gasteiger partial charge in [-0.2, -0.15) is 0 Å². The van der Waals surface area contributed by atoms with Crippen molar-refractivity contribution in [3.63, 3.8) is 0 Å². The van der Waals surface area contributed by atoms with Crippen LogP contribution in [0.4, 0.5) is 0 Å². The molecule has 0 spiro atoms. The molecule has 6 heteroatoms. The number of methoxy groups -OCH3 is 1. The van der Waals surface area contributed by atoms with Crippen LogP contribution in [0.2, 0.25) is 0 Å². The van der Waals surface area contributed by atoms with Crippen molar-refractivity contribution in [1.82, 2.24) is 5.32 Å². The third kappa shape index (κ3) is 4.71. The minimum absolute atomic E-state index is 0.0775. The number of nitrogens with one attached hydrogen (secondary N) is 1. The van der Waals surface area contributed by atoms with Crippen LogP contribution >= 0.6 is 0 Å². The molecule has 0 unspecified atom stereocenters. The summed E-state index contributed by atoms with van der Waals surface area (Å²) in [4.78, 5) is 11.9. The summed E-state index contributed by atoms with van der Waals surface area (Å²) >= 11 is 0. The third-order valence-corrected chi connectivity index (χ3v) is 2.58. The van der Waals surface area contributed by atoms with E-state index in [0.717, 1.165) is 0 Å². The van der Waals surface area contributed by atoms with Crippen molar-refractivity contribution in [3.05, 3.63) is 23.8 Å². The van der Waals surface area contributed by atoms with Gasteiger partial charge in [0.15, 0.2) is 17.8 Å². The van der Waals surface area contributed by atoms with Crippen molar-refractivity contribution < 1.29 is 24.1 Å². The van der Waals surface area contributed by atoms with E-state index in [-0.39, 0.29) is 18.2 Å². The molecule has 0 saturated carbocycles. The Morgan fingerprint density at radius 2 is 1.95 bits per heavy atom. The number of carbonyl (C=O) groups is 1. The largest absolute Gasteiger partial charge is 0.504 e. The Morgan fingerprint density at radius 3 is 2.45 bits per heavy atom. The smallest absolute Gasteiger partial charge is 0.251 e. The van der Waals surface area contributed by atoms with Gasteiger partial charge in [0, 0.05) is 18.8 Å². The van der Waals surface area contributed by atoms with Gasteiger partial charge >= 0.3 is 0 Å². The van der Waals surface area contributed by atoms with Crippen LogP contribution in [0.1, 0.15) is 24.2 Å². The lowest BCUT2D eigenvalue weighted by Gasteiger charge is -2.17. The highest BCUT2D eigenvalue weighted by molar-refractivity contribution is 5.94. The van der Waals surface area contributed by atoms with E-state index in [2.05, 4.69) is 5.32 Å². The molecule has 1 aromatic rings. The van der Waals surface area contributed by atoms with Crippen LogP contribution in [0.3, 0.4) is 0 Å². The quantitative estimate of drug-likeness (QED) is 0.707. The van der Waals surface area contributed by atoms with Crippen molar-refractivity contribution in [2.75, 3.05) is 26.9 Å². The summed E-state index contributed by atoms with van der Waals surface area (Å²) in [5.74, 6) is -0.0678. The Hall–Kier alpha value is -1.79. The van der Waals surface area contributed by atoms with E-state index >= 15 is 0 Å². The summed E-state index contributed by atoms with van der Waals surface area (Å²) in [6.45, 7) is 4.96. The predicted octanol–water partition coefficient (Wildman–Crippen LogP) is 1.53. The van der Waals surface area contributed by atoms with Gasteiger partial charge in [0.2, 0.25) is 0 Å². The fourth-order valence-corrected chi connectivity index (χ4v) is 1.65. The minimum atomic E-state index is -0.471. The van der Waals surface area contributed by atoms with Crippen LogP contribution in [0, 0.1) is 0 Å². The van der Waals surface area contributed by atoms with E-state index in [4.69, 9.17) is 14.2 Å². The summed E-state index contributed by atoms with van der Waals surface area (Å²) < 4.78 is 15.6. The summed E-state index contributed by atoms with van der Waals surface area (Å²) in [5, 5.41) is 12.3. The first kappa shape index (κ1) is 16.3.